The molecular formula is C44H88. The number of rotatable bonds is 37. The Labute approximate surface area is 281 Å². The third-order valence-electron chi connectivity index (χ3n) is 11.2. The molecule has 0 aromatic carbocycles. The Morgan fingerprint density at radius 2 is 0.455 bits per heavy atom. The van der Waals surface area contributed by atoms with E-state index in [1.165, 1.54) is 250 Å². The summed E-state index contributed by atoms with van der Waals surface area (Å²) in [5, 5.41) is 0. The Morgan fingerprint density at radius 3 is 0.682 bits per heavy atom. The summed E-state index contributed by atoms with van der Waals surface area (Å²) in [7, 11) is 0. The van der Waals surface area contributed by atoms with Crippen molar-refractivity contribution in [3.8, 4) is 0 Å². The van der Waals surface area contributed by atoms with Crippen molar-refractivity contribution in [1.29, 1.82) is 0 Å². The van der Waals surface area contributed by atoms with Gasteiger partial charge >= 0.3 is 0 Å². The van der Waals surface area contributed by atoms with E-state index in [0.29, 0.717) is 0 Å². The van der Waals surface area contributed by atoms with Crippen LogP contribution in [0, 0.1) is 5.92 Å². The summed E-state index contributed by atoms with van der Waals surface area (Å²) in [6.45, 7) is 2.31. The monoisotopic (exact) mass is 617 g/mol. The summed E-state index contributed by atoms with van der Waals surface area (Å²) in [5.41, 5.74) is 0. The third kappa shape index (κ3) is 33.4. The molecule has 0 bridgehead atoms. The largest absolute Gasteiger partial charge is 0.0654 e. The number of hydrogen-bond donors (Lipinski definition) is 0. The highest BCUT2D eigenvalue weighted by Crippen LogP contribution is 2.28. The molecule has 44 heavy (non-hydrogen) atoms. The zero-order valence-electron chi connectivity index (χ0n) is 31.3. The lowest BCUT2D eigenvalue weighted by atomic mass is 9.85. The molecule has 0 aromatic rings. The topological polar surface area (TPSA) is 0 Å². The zero-order chi connectivity index (χ0) is 31.3. The van der Waals surface area contributed by atoms with Gasteiger partial charge < -0.3 is 0 Å². The second-order valence-electron chi connectivity index (χ2n) is 15.7. The van der Waals surface area contributed by atoms with Gasteiger partial charge in [-0.1, -0.05) is 277 Å². The van der Waals surface area contributed by atoms with Crippen LogP contribution in [-0.2, 0) is 0 Å². The van der Waals surface area contributed by atoms with E-state index in [2.05, 4.69) is 6.92 Å². The molecule has 0 unspecified atom stereocenters. The van der Waals surface area contributed by atoms with Crippen molar-refractivity contribution in [3.63, 3.8) is 0 Å². The van der Waals surface area contributed by atoms with E-state index >= 15 is 0 Å². The van der Waals surface area contributed by atoms with Crippen LogP contribution >= 0.6 is 0 Å². The molecule has 0 nitrogen and oxygen atoms in total. The summed E-state index contributed by atoms with van der Waals surface area (Å²) in [6.07, 6.45) is 62.9. The van der Waals surface area contributed by atoms with Gasteiger partial charge in [0.1, 0.15) is 0 Å². The van der Waals surface area contributed by atoms with Crippen molar-refractivity contribution < 1.29 is 0 Å². The first kappa shape index (κ1) is 42.0. The first-order chi connectivity index (χ1) is 21.9. The van der Waals surface area contributed by atoms with Crippen LogP contribution in [0.2, 0.25) is 0 Å². The van der Waals surface area contributed by atoms with Gasteiger partial charge in [-0.15, -0.1) is 0 Å². The lowest BCUT2D eigenvalue weighted by molar-refractivity contribution is 0.328. The minimum Gasteiger partial charge on any atom is -0.0654 e. The van der Waals surface area contributed by atoms with Gasteiger partial charge in [-0.2, -0.15) is 0 Å². The summed E-state index contributed by atoms with van der Waals surface area (Å²) < 4.78 is 0. The molecule has 0 heterocycles. The van der Waals surface area contributed by atoms with Gasteiger partial charge in [0, 0.05) is 0 Å². The molecule has 0 heteroatoms. The fraction of sp³-hybridized carbons (Fsp3) is 1.00. The maximum Gasteiger partial charge on any atom is -0.0414 e. The van der Waals surface area contributed by atoms with Gasteiger partial charge in [0.15, 0.2) is 0 Å². The molecule has 0 spiro atoms. The Kier molecular flexibility index (Phi) is 35.8. The molecule has 0 amide bonds. The third-order valence-corrected chi connectivity index (χ3v) is 11.2. The predicted molar refractivity (Wildman–Crippen MR) is 203 cm³/mol. The van der Waals surface area contributed by atoms with Crippen LogP contribution in [0.5, 0.6) is 0 Å². The van der Waals surface area contributed by atoms with E-state index in [9.17, 15) is 0 Å². The Morgan fingerprint density at radius 1 is 0.250 bits per heavy atom. The van der Waals surface area contributed by atoms with E-state index in [1.807, 2.05) is 0 Å². The summed E-state index contributed by atoms with van der Waals surface area (Å²) >= 11 is 0. The molecule has 1 aliphatic carbocycles. The second-order valence-corrected chi connectivity index (χ2v) is 15.7. The van der Waals surface area contributed by atoms with Gasteiger partial charge in [-0.05, 0) is 5.92 Å². The first-order valence-corrected chi connectivity index (χ1v) is 21.9. The van der Waals surface area contributed by atoms with Crippen LogP contribution < -0.4 is 0 Å². The molecular weight excluding hydrogens is 528 g/mol. The van der Waals surface area contributed by atoms with E-state index in [4.69, 9.17) is 0 Å². The van der Waals surface area contributed by atoms with Crippen LogP contribution in [0.15, 0.2) is 0 Å². The Hall–Kier alpha value is 0. The molecule has 0 saturated heterocycles. The number of unbranched alkanes of at least 4 members (excludes halogenated alkanes) is 35. The molecule has 0 N–H and O–H groups in total. The molecule has 0 radical (unpaired) electrons. The van der Waals surface area contributed by atoms with Crippen LogP contribution in [0.1, 0.15) is 277 Å². The van der Waals surface area contributed by atoms with Gasteiger partial charge in [0.05, 0.1) is 0 Å². The lowest BCUT2D eigenvalue weighted by Gasteiger charge is -2.21. The Bertz CT molecular complexity index is 488. The average Bonchev–Trinajstić information content (AvgIpc) is 3.05. The van der Waals surface area contributed by atoms with E-state index < -0.39 is 0 Å². The van der Waals surface area contributed by atoms with Crippen molar-refractivity contribution in [2.75, 3.05) is 0 Å². The highest BCUT2D eigenvalue weighted by molar-refractivity contribution is 4.65. The van der Waals surface area contributed by atoms with E-state index in [-0.39, 0.29) is 0 Å². The fourth-order valence-corrected chi connectivity index (χ4v) is 7.99. The molecule has 0 aliphatic heterocycles. The summed E-state index contributed by atoms with van der Waals surface area (Å²) in [4.78, 5) is 0. The maximum atomic E-state index is 2.31. The average molecular weight is 617 g/mol. The molecule has 264 valence electrons. The van der Waals surface area contributed by atoms with Crippen LogP contribution in [0.4, 0.5) is 0 Å². The summed E-state index contributed by atoms with van der Waals surface area (Å²) in [6, 6.07) is 0. The smallest absolute Gasteiger partial charge is 0.0414 e. The molecule has 0 atom stereocenters. The quantitative estimate of drug-likeness (QED) is 0.0609. The normalized spacial score (nSPS) is 14.1. The van der Waals surface area contributed by atoms with E-state index in [1.54, 1.807) is 19.3 Å². The van der Waals surface area contributed by atoms with Crippen LogP contribution in [-0.4, -0.2) is 0 Å². The van der Waals surface area contributed by atoms with Crippen LogP contribution in [0.25, 0.3) is 0 Å². The fourth-order valence-electron chi connectivity index (χ4n) is 7.99. The SMILES string of the molecule is CCCCCCCCCCCCCCCCCCCCCCCCCCCCCCCCCCCCCCC1CCCCC1. The molecule has 1 fully saturated rings. The minimum atomic E-state index is 1.10. The minimum absolute atomic E-state index is 1.10. The van der Waals surface area contributed by atoms with Gasteiger partial charge in [0.2, 0.25) is 0 Å². The first-order valence-electron chi connectivity index (χ1n) is 21.9. The van der Waals surface area contributed by atoms with Gasteiger partial charge in [0.25, 0.3) is 0 Å². The predicted octanol–water partition coefficient (Wildman–Crippen LogP) is 17.0. The van der Waals surface area contributed by atoms with Crippen molar-refractivity contribution in [2.24, 2.45) is 5.92 Å². The van der Waals surface area contributed by atoms with Crippen molar-refractivity contribution in [2.45, 2.75) is 277 Å². The molecule has 1 saturated carbocycles. The molecule has 1 rings (SSSR count). The standard InChI is InChI=1S/C44H88/c1-2-3-4-5-6-7-8-9-10-11-12-13-14-15-16-17-18-19-20-21-22-23-24-25-26-27-28-29-30-31-32-33-34-35-36-38-41-44-42-39-37-40-43-44/h44H,2-43H2,1H3. The Balaban J connectivity index is 1.60. The molecule has 1 aliphatic rings. The zero-order valence-corrected chi connectivity index (χ0v) is 31.3. The highest BCUT2D eigenvalue weighted by atomic mass is 14.2. The second kappa shape index (κ2) is 37.5. The summed E-state index contributed by atoms with van der Waals surface area (Å²) in [5.74, 6) is 1.10. The van der Waals surface area contributed by atoms with Crippen molar-refractivity contribution >= 4 is 0 Å². The van der Waals surface area contributed by atoms with Gasteiger partial charge in [-0.25, -0.2) is 0 Å². The number of hydrogen-bond acceptors (Lipinski definition) is 0. The van der Waals surface area contributed by atoms with Crippen molar-refractivity contribution in [1.82, 2.24) is 0 Å². The van der Waals surface area contributed by atoms with Crippen LogP contribution in [0.3, 0.4) is 0 Å². The highest BCUT2D eigenvalue weighted by Gasteiger charge is 2.12. The van der Waals surface area contributed by atoms with Crippen molar-refractivity contribution in [3.05, 3.63) is 0 Å². The molecule has 0 aromatic heterocycles. The van der Waals surface area contributed by atoms with E-state index in [0.717, 1.165) is 5.92 Å². The maximum absolute atomic E-state index is 2.31. The van der Waals surface area contributed by atoms with Gasteiger partial charge in [-0.3, -0.25) is 0 Å². The lowest BCUT2D eigenvalue weighted by Crippen LogP contribution is -2.05.